The molecule has 0 aromatic rings. The minimum absolute atomic E-state index is 0.0692. The Hall–Kier alpha value is -2.66. The highest BCUT2D eigenvalue weighted by Gasteiger charge is 2.17. The Labute approximate surface area is 385 Å². The Bertz CT molecular complexity index is 1110. The molecule has 0 aromatic carbocycles. The lowest BCUT2D eigenvalue weighted by atomic mass is 10.0. The van der Waals surface area contributed by atoms with Crippen molar-refractivity contribution in [2.24, 2.45) is 0 Å². The number of allylic oxidation sites excluding steroid dienone is 12. The molecule has 358 valence electrons. The van der Waals surface area contributed by atoms with Crippen molar-refractivity contribution < 1.29 is 23.8 Å². The fourth-order valence-electron chi connectivity index (χ4n) is 7.36. The van der Waals surface area contributed by atoms with Crippen molar-refractivity contribution >= 4 is 11.9 Å². The Balaban J connectivity index is 4.31. The molecule has 0 amide bonds. The second kappa shape index (κ2) is 52.7. The van der Waals surface area contributed by atoms with Crippen molar-refractivity contribution in [3.63, 3.8) is 0 Å². The molecule has 0 bridgehead atoms. The SMILES string of the molecule is CC/C=C\C/C=C\C/C=C\CCCCCCCC(=O)OCC(COCCCCCCCCCCCCCCCCCC)OC(=O)CCCCCCC/C=C\C/C=C\C/C=C\CC. The minimum atomic E-state index is -0.552. The van der Waals surface area contributed by atoms with Gasteiger partial charge >= 0.3 is 11.9 Å². The van der Waals surface area contributed by atoms with E-state index in [0.29, 0.717) is 19.4 Å². The zero-order valence-electron chi connectivity index (χ0n) is 41.1. The average Bonchev–Trinajstić information content (AvgIpc) is 3.27. The fraction of sp³-hybridized carbons (Fsp3) is 0.754. The lowest BCUT2D eigenvalue weighted by molar-refractivity contribution is -0.163. The minimum Gasteiger partial charge on any atom is -0.462 e. The maximum Gasteiger partial charge on any atom is 0.306 e. The topological polar surface area (TPSA) is 61.8 Å². The van der Waals surface area contributed by atoms with Crippen molar-refractivity contribution in [1.29, 1.82) is 0 Å². The maximum absolute atomic E-state index is 12.8. The number of rotatable bonds is 48. The van der Waals surface area contributed by atoms with Gasteiger partial charge in [-0.05, 0) is 83.5 Å². The summed E-state index contributed by atoms with van der Waals surface area (Å²) in [6.45, 7) is 7.60. The molecule has 0 saturated carbocycles. The molecule has 0 N–H and O–H groups in total. The van der Waals surface area contributed by atoms with Crippen LogP contribution in [0.5, 0.6) is 0 Å². The third-order valence-electron chi connectivity index (χ3n) is 11.2. The largest absolute Gasteiger partial charge is 0.462 e. The molecule has 62 heavy (non-hydrogen) atoms. The molecule has 1 atom stereocenters. The van der Waals surface area contributed by atoms with Crippen LogP contribution in [0.25, 0.3) is 0 Å². The van der Waals surface area contributed by atoms with E-state index in [4.69, 9.17) is 14.2 Å². The molecule has 0 spiro atoms. The molecule has 0 aliphatic heterocycles. The molecule has 5 heteroatoms. The van der Waals surface area contributed by atoms with Crippen LogP contribution in [0.15, 0.2) is 72.9 Å². The number of carbonyl (C=O) groups excluding carboxylic acids is 2. The molecule has 1 unspecified atom stereocenters. The first-order chi connectivity index (χ1) is 30.6. The van der Waals surface area contributed by atoms with E-state index in [1.807, 2.05) is 0 Å². The summed E-state index contributed by atoms with van der Waals surface area (Å²) in [5.74, 6) is -0.430. The smallest absolute Gasteiger partial charge is 0.306 e. The van der Waals surface area contributed by atoms with Crippen molar-refractivity contribution in [3.05, 3.63) is 72.9 Å². The molecule has 5 nitrogen and oxygen atoms in total. The fourth-order valence-corrected chi connectivity index (χ4v) is 7.36. The predicted octanol–water partition coefficient (Wildman–Crippen LogP) is 17.9. The Morgan fingerprint density at radius 1 is 0.371 bits per heavy atom. The predicted molar refractivity (Wildman–Crippen MR) is 270 cm³/mol. The van der Waals surface area contributed by atoms with Crippen LogP contribution in [0.4, 0.5) is 0 Å². The number of unbranched alkanes of at least 4 members (excludes halogenated alkanes) is 25. The number of hydrogen-bond donors (Lipinski definition) is 0. The molecule has 0 saturated heterocycles. The molecular formula is C57H100O5. The summed E-state index contributed by atoms with van der Waals surface area (Å²) in [7, 11) is 0. The molecule has 0 aliphatic carbocycles. The van der Waals surface area contributed by atoms with Crippen molar-refractivity contribution in [3.8, 4) is 0 Å². The molecular weight excluding hydrogens is 765 g/mol. The van der Waals surface area contributed by atoms with Gasteiger partial charge in [0.05, 0.1) is 6.61 Å². The second-order valence-corrected chi connectivity index (χ2v) is 17.4. The third kappa shape index (κ3) is 50.0. The molecule has 0 radical (unpaired) electrons. The van der Waals surface area contributed by atoms with Crippen LogP contribution in [-0.4, -0.2) is 37.9 Å². The van der Waals surface area contributed by atoms with E-state index in [0.717, 1.165) is 103 Å². The molecule has 0 fully saturated rings. The van der Waals surface area contributed by atoms with Gasteiger partial charge in [0.25, 0.3) is 0 Å². The van der Waals surface area contributed by atoms with Crippen molar-refractivity contribution in [2.45, 2.75) is 258 Å². The summed E-state index contributed by atoms with van der Waals surface area (Å²) in [4.78, 5) is 25.4. The zero-order chi connectivity index (χ0) is 44.9. The third-order valence-corrected chi connectivity index (χ3v) is 11.2. The van der Waals surface area contributed by atoms with Crippen LogP contribution in [-0.2, 0) is 23.8 Å². The van der Waals surface area contributed by atoms with Gasteiger partial charge in [-0.3, -0.25) is 9.59 Å². The number of carbonyl (C=O) groups is 2. The molecule has 0 aliphatic rings. The highest BCUT2D eigenvalue weighted by atomic mass is 16.6. The van der Waals surface area contributed by atoms with Gasteiger partial charge < -0.3 is 14.2 Å². The van der Waals surface area contributed by atoms with Crippen LogP contribution in [0.1, 0.15) is 252 Å². The van der Waals surface area contributed by atoms with Gasteiger partial charge in [-0.25, -0.2) is 0 Å². The first-order valence-corrected chi connectivity index (χ1v) is 26.5. The summed E-state index contributed by atoms with van der Waals surface area (Å²) in [6, 6.07) is 0. The normalized spacial score (nSPS) is 12.8. The van der Waals surface area contributed by atoms with Gasteiger partial charge in [0.1, 0.15) is 6.61 Å². The zero-order valence-corrected chi connectivity index (χ0v) is 41.1. The summed E-state index contributed by atoms with van der Waals surface area (Å²) in [5.41, 5.74) is 0. The van der Waals surface area contributed by atoms with Crippen LogP contribution in [0, 0.1) is 0 Å². The molecule has 0 heterocycles. The lowest BCUT2D eigenvalue weighted by Gasteiger charge is -2.18. The summed E-state index contributed by atoms with van der Waals surface area (Å²) in [5, 5.41) is 0. The van der Waals surface area contributed by atoms with Crippen LogP contribution >= 0.6 is 0 Å². The Morgan fingerprint density at radius 3 is 1.16 bits per heavy atom. The van der Waals surface area contributed by atoms with Gasteiger partial charge in [0.2, 0.25) is 0 Å². The average molecular weight is 865 g/mol. The number of ether oxygens (including phenoxy) is 3. The van der Waals surface area contributed by atoms with E-state index in [1.54, 1.807) is 0 Å². The maximum atomic E-state index is 12.8. The summed E-state index contributed by atoms with van der Waals surface area (Å²) in [6.07, 6.45) is 67.7. The molecule has 0 aromatic heterocycles. The standard InChI is InChI=1S/C57H100O5/c1-4-7-10-13-16-19-22-25-28-31-34-37-40-43-46-49-52-60-53-55(62-57(59)51-48-45-42-39-36-33-30-27-24-21-18-15-12-9-6-3)54-61-56(58)50-47-44-41-38-35-32-29-26-23-20-17-14-11-8-5-2/h8-9,11-12,17-18,20-21,26-27,29-30,55H,4-7,10,13-16,19,22-25,28,31-54H2,1-3H3/b11-8-,12-9-,20-17-,21-18-,29-26-,30-27-. The van der Waals surface area contributed by atoms with E-state index < -0.39 is 6.10 Å². The second-order valence-electron chi connectivity index (χ2n) is 17.4. The monoisotopic (exact) mass is 865 g/mol. The van der Waals surface area contributed by atoms with Crippen LogP contribution < -0.4 is 0 Å². The highest BCUT2D eigenvalue weighted by molar-refractivity contribution is 5.70. The summed E-state index contributed by atoms with van der Waals surface area (Å²) >= 11 is 0. The van der Waals surface area contributed by atoms with E-state index in [1.165, 1.54) is 116 Å². The van der Waals surface area contributed by atoms with Gasteiger partial charge in [0, 0.05) is 19.4 Å². The quantitative estimate of drug-likeness (QED) is 0.0346. The first-order valence-electron chi connectivity index (χ1n) is 26.5. The van der Waals surface area contributed by atoms with E-state index in [-0.39, 0.29) is 25.2 Å². The van der Waals surface area contributed by atoms with Gasteiger partial charge in [-0.1, -0.05) is 229 Å². The van der Waals surface area contributed by atoms with Crippen LogP contribution in [0.2, 0.25) is 0 Å². The van der Waals surface area contributed by atoms with E-state index in [2.05, 4.69) is 93.7 Å². The van der Waals surface area contributed by atoms with E-state index >= 15 is 0 Å². The van der Waals surface area contributed by atoms with Crippen LogP contribution in [0.3, 0.4) is 0 Å². The Morgan fingerprint density at radius 2 is 0.726 bits per heavy atom. The van der Waals surface area contributed by atoms with Crippen molar-refractivity contribution in [1.82, 2.24) is 0 Å². The highest BCUT2D eigenvalue weighted by Crippen LogP contribution is 2.15. The van der Waals surface area contributed by atoms with Gasteiger partial charge in [-0.2, -0.15) is 0 Å². The van der Waals surface area contributed by atoms with E-state index in [9.17, 15) is 9.59 Å². The molecule has 0 rings (SSSR count). The van der Waals surface area contributed by atoms with Gasteiger partial charge in [-0.15, -0.1) is 0 Å². The lowest BCUT2D eigenvalue weighted by Crippen LogP contribution is -2.30. The van der Waals surface area contributed by atoms with Crippen molar-refractivity contribution in [2.75, 3.05) is 19.8 Å². The summed E-state index contributed by atoms with van der Waals surface area (Å²) < 4.78 is 17.4. The number of hydrogen-bond acceptors (Lipinski definition) is 5. The Kier molecular flexibility index (Phi) is 50.4. The number of esters is 2. The van der Waals surface area contributed by atoms with Gasteiger partial charge in [0.15, 0.2) is 6.10 Å². The first kappa shape index (κ1) is 59.3.